The fourth-order valence-corrected chi connectivity index (χ4v) is 3.03. The van der Waals surface area contributed by atoms with E-state index in [0.29, 0.717) is 18.9 Å². The predicted octanol–water partition coefficient (Wildman–Crippen LogP) is 2.77. The lowest BCUT2D eigenvalue weighted by Crippen LogP contribution is -2.41. The highest BCUT2D eigenvalue weighted by molar-refractivity contribution is 5.79. The average Bonchev–Trinajstić information content (AvgIpc) is 3.13. The van der Waals surface area contributed by atoms with Crippen molar-refractivity contribution in [3.05, 3.63) is 23.8 Å². The summed E-state index contributed by atoms with van der Waals surface area (Å²) in [5.41, 5.74) is 0.859. The Balaban J connectivity index is 1.97. The summed E-state index contributed by atoms with van der Waals surface area (Å²) in [5, 5.41) is 3.29. The molecule has 1 aliphatic rings. The third kappa shape index (κ3) is 6.86. The van der Waals surface area contributed by atoms with E-state index >= 15 is 0 Å². The zero-order valence-electron chi connectivity index (χ0n) is 16.2. The molecule has 0 radical (unpaired) electrons. The minimum atomic E-state index is -2.89. The van der Waals surface area contributed by atoms with E-state index < -0.39 is 6.61 Å². The molecule has 1 atom stereocenters. The van der Waals surface area contributed by atoms with Crippen molar-refractivity contribution in [1.29, 1.82) is 0 Å². The van der Waals surface area contributed by atoms with Gasteiger partial charge in [-0.25, -0.2) is 0 Å². The molecule has 2 rings (SSSR count). The van der Waals surface area contributed by atoms with E-state index in [9.17, 15) is 8.78 Å². The highest BCUT2D eigenvalue weighted by Gasteiger charge is 2.19. The number of hydrogen-bond donors (Lipinski definition) is 1. The van der Waals surface area contributed by atoms with Crippen LogP contribution in [0, 0.1) is 5.92 Å². The number of guanidine groups is 1. The normalized spacial score (nSPS) is 17.3. The Morgan fingerprint density at radius 1 is 1.41 bits per heavy atom. The second-order valence-corrected chi connectivity index (χ2v) is 6.46. The molecule has 0 spiro atoms. The van der Waals surface area contributed by atoms with E-state index in [1.807, 2.05) is 20.0 Å². The molecule has 1 N–H and O–H groups in total. The van der Waals surface area contributed by atoms with Crippen LogP contribution in [0.15, 0.2) is 23.2 Å². The first-order valence-electron chi connectivity index (χ1n) is 9.22. The summed E-state index contributed by atoms with van der Waals surface area (Å²) in [6.07, 6.45) is 1.68. The lowest BCUT2D eigenvalue weighted by atomic mass is 10.1. The largest absolute Gasteiger partial charge is 0.493 e. The monoisotopic (exact) mass is 385 g/mol. The predicted molar refractivity (Wildman–Crippen MR) is 101 cm³/mol. The van der Waals surface area contributed by atoms with Crippen molar-refractivity contribution < 1.29 is 23.0 Å². The summed E-state index contributed by atoms with van der Waals surface area (Å²) in [6, 6.07) is 5.04. The molecule has 1 aromatic carbocycles. The van der Waals surface area contributed by atoms with Gasteiger partial charge in [-0.1, -0.05) is 6.07 Å². The number of hydrogen-bond acceptors (Lipinski definition) is 4. The van der Waals surface area contributed by atoms with Crippen LogP contribution in [0.2, 0.25) is 0 Å². The smallest absolute Gasteiger partial charge is 0.387 e. The van der Waals surface area contributed by atoms with E-state index in [1.54, 1.807) is 12.1 Å². The lowest BCUT2D eigenvalue weighted by Gasteiger charge is -2.24. The van der Waals surface area contributed by atoms with Crippen LogP contribution in [-0.4, -0.2) is 64.5 Å². The average molecular weight is 385 g/mol. The van der Waals surface area contributed by atoms with E-state index in [0.717, 1.165) is 44.2 Å². The third-order valence-corrected chi connectivity index (χ3v) is 4.36. The molecule has 0 saturated carbocycles. The van der Waals surface area contributed by atoms with Crippen molar-refractivity contribution in [2.24, 2.45) is 10.9 Å². The first-order valence-corrected chi connectivity index (χ1v) is 9.22. The molecular formula is C19H29F2N3O3. The van der Waals surface area contributed by atoms with Gasteiger partial charge in [0.2, 0.25) is 0 Å². The van der Waals surface area contributed by atoms with Crippen LogP contribution in [0.5, 0.6) is 11.5 Å². The summed E-state index contributed by atoms with van der Waals surface area (Å²) in [7, 11) is 3.44. The van der Waals surface area contributed by atoms with Gasteiger partial charge in [0.25, 0.3) is 0 Å². The van der Waals surface area contributed by atoms with E-state index in [1.165, 1.54) is 7.11 Å². The minimum absolute atomic E-state index is 0.0410. The summed E-state index contributed by atoms with van der Waals surface area (Å²) >= 11 is 0. The van der Waals surface area contributed by atoms with Crippen LogP contribution < -0.4 is 14.8 Å². The first kappa shape index (κ1) is 21.2. The van der Waals surface area contributed by atoms with Crippen molar-refractivity contribution in [2.75, 3.05) is 47.0 Å². The molecule has 152 valence electrons. The number of methoxy groups -OCH3 is 1. The molecule has 1 saturated heterocycles. The molecule has 1 heterocycles. The van der Waals surface area contributed by atoms with E-state index in [-0.39, 0.29) is 11.5 Å². The van der Waals surface area contributed by atoms with Crippen molar-refractivity contribution in [3.63, 3.8) is 0 Å². The summed E-state index contributed by atoms with van der Waals surface area (Å²) in [5.74, 6) is 1.69. The number of benzene rings is 1. The minimum Gasteiger partial charge on any atom is -0.493 e. The number of aliphatic imine (C=N–C) groups is 1. The fraction of sp³-hybridized carbons (Fsp3) is 0.632. The molecule has 8 heteroatoms. The zero-order valence-corrected chi connectivity index (χ0v) is 16.2. The molecule has 1 unspecified atom stereocenters. The van der Waals surface area contributed by atoms with Crippen molar-refractivity contribution in [3.8, 4) is 11.5 Å². The number of rotatable bonds is 9. The van der Waals surface area contributed by atoms with Gasteiger partial charge in [0.05, 0.1) is 13.7 Å². The van der Waals surface area contributed by atoms with Gasteiger partial charge in [-0.05, 0) is 37.5 Å². The lowest BCUT2D eigenvalue weighted by molar-refractivity contribution is -0.0512. The third-order valence-electron chi connectivity index (χ3n) is 4.36. The van der Waals surface area contributed by atoms with Crippen molar-refractivity contribution in [1.82, 2.24) is 10.2 Å². The molecule has 6 nitrogen and oxygen atoms in total. The number of alkyl halides is 2. The molecule has 27 heavy (non-hydrogen) atoms. The van der Waals surface area contributed by atoms with Gasteiger partial charge in [0.15, 0.2) is 17.5 Å². The maximum atomic E-state index is 12.5. The molecule has 1 aliphatic heterocycles. The Kier molecular flexibility index (Phi) is 8.57. The van der Waals surface area contributed by atoms with Crippen LogP contribution in [0.25, 0.3) is 0 Å². The molecular weight excluding hydrogens is 356 g/mol. The zero-order chi connectivity index (χ0) is 19.6. The second kappa shape index (κ2) is 10.9. The van der Waals surface area contributed by atoms with Crippen LogP contribution in [-0.2, 0) is 11.2 Å². The summed E-state index contributed by atoms with van der Waals surface area (Å²) in [4.78, 5) is 6.77. The Morgan fingerprint density at radius 3 is 2.85 bits per heavy atom. The Morgan fingerprint density at radius 2 is 2.22 bits per heavy atom. The van der Waals surface area contributed by atoms with Crippen LogP contribution in [0.4, 0.5) is 8.78 Å². The van der Waals surface area contributed by atoms with Gasteiger partial charge in [0.1, 0.15) is 0 Å². The van der Waals surface area contributed by atoms with Gasteiger partial charge < -0.3 is 24.4 Å². The maximum Gasteiger partial charge on any atom is 0.387 e. The Labute approximate surface area is 159 Å². The number of ether oxygens (including phenoxy) is 3. The van der Waals surface area contributed by atoms with Crippen molar-refractivity contribution >= 4 is 5.96 Å². The topological polar surface area (TPSA) is 55.3 Å². The fourth-order valence-electron chi connectivity index (χ4n) is 3.03. The van der Waals surface area contributed by atoms with Gasteiger partial charge >= 0.3 is 6.61 Å². The molecule has 0 bridgehead atoms. The van der Waals surface area contributed by atoms with E-state index in [2.05, 4.69) is 19.9 Å². The molecule has 0 aromatic heterocycles. The quantitative estimate of drug-likeness (QED) is 0.523. The highest BCUT2D eigenvalue weighted by atomic mass is 19.3. The standard InChI is InChI=1S/C19H29F2N3O3/c1-4-22-19(24(2)12-15-8-10-26-13-15)23-9-7-14-5-6-16(25-3)17(11-14)27-18(20)21/h5-6,11,15,18H,4,7-10,12-13H2,1-3H3,(H,22,23). The summed E-state index contributed by atoms with van der Waals surface area (Å²) in [6.45, 7) is 2.96. The van der Waals surface area contributed by atoms with Crippen molar-refractivity contribution in [2.45, 2.75) is 26.4 Å². The summed E-state index contributed by atoms with van der Waals surface area (Å²) < 4.78 is 40.1. The Bertz CT molecular complexity index is 608. The highest BCUT2D eigenvalue weighted by Crippen LogP contribution is 2.29. The number of halogens is 2. The SMILES string of the molecule is CCNC(=NCCc1ccc(OC)c(OC(F)F)c1)N(C)CC1CCOC1. The van der Waals surface area contributed by atoms with E-state index in [4.69, 9.17) is 9.47 Å². The van der Waals surface area contributed by atoms with Gasteiger partial charge in [-0.3, -0.25) is 4.99 Å². The molecule has 0 aliphatic carbocycles. The Hall–Kier alpha value is -2.09. The first-order chi connectivity index (χ1) is 13.0. The van der Waals surface area contributed by atoms with Crippen LogP contribution >= 0.6 is 0 Å². The van der Waals surface area contributed by atoms with Crippen LogP contribution in [0.1, 0.15) is 18.9 Å². The van der Waals surface area contributed by atoms with Gasteiger partial charge in [-0.2, -0.15) is 8.78 Å². The molecule has 0 amide bonds. The molecule has 1 aromatic rings. The van der Waals surface area contributed by atoms with Gasteiger partial charge in [0, 0.05) is 39.2 Å². The van der Waals surface area contributed by atoms with Crippen LogP contribution in [0.3, 0.4) is 0 Å². The number of nitrogens with zero attached hydrogens (tertiary/aromatic N) is 2. The molecule has 1 fully saturated rings. The second-order valence-electron chi connectivity index (χ2n) is 6.46. The van der Waals surface area contributed by atoms with Gasteiger partial charge in [-0.15, -0.1) is 0 Å². The number of nitrogens with one attached hydrogen (secondary N) is 1. The maximum absolute atomic E-state index is 12.5.